The van der Waals surface area contributed by atoms with Gasteiger partial charge in [-0.2, -0.15) is 0 Å². The van der Waals surface area contributed by atoms with Crippen LogP contribution in [0.15, 0.2) is 24.5 Å². The van der Waals surface area contributed by atoms with Crippen molar-refractivity contribution in [2.75, 3.05) is 13.1 Å². The van der Waals surface area contributed by atoms with Gasteiger partial charge in [0.05, 0.1) is 5.56 Å². The number of hydrogen-bond donors (Lipinski definition) is 0. The molecule has 1 saturated heterocycles. The van der Waals surface area contributed by atoms with Gasteiger partial charge < -0.3 is 9.47 Å². The first-order chi connectivity index (χ1) is 10.8. The number of thiophene rings is 1. The fourth-order valence-electron chi connectivity index (χ4n) is 3.68. The third-order valence-corrected chi connectivity index (χ3v) is 6.15. The van der Waals surface area contributed by atoms with E-state index in [1.54, 1.807) is 0 Å². The van der Waals surface area contributed by atoms with Crippen LogP contribution in [-0.2, 0) is 12.8 Å². The third-order valence-electron chi connectivity index (χ3n) is 4.85. The highest BCUT2D eigenvalue weighted by atomic mass is 32.1. The molecule has 0 atom stereocenters. The molecule has 0 unspecified atom stereocenters. The molecular formula is C18H22N2OS. The molecule has 4 rings (SSSR count). The number of carbonyl (C=O) groups excluding carboxylic acids is 1. The molecule has 1 aliphatic carbocycles. The molecule has 0 spiro atoms. The van der Waals surface area contributed by atoms with Crippen LogP contribution in [0.1, 0.15) is 52.9 Å². The van der Waals surface area contributed by atoms with Gasteiger partial charge in [-0.25, -0.2) is 0 Å². The van der Waals surface area contributed by atoms with E-state index in [1.165, 1.54) is 29.7 Å². The first-order valence-corrected chi connectivity index (χ1v) is 9.23. The van der Waals surface area contributed by atoms with Crippen LogP contribution in [0.3, 0.4) is 0 Å². The molecule has 1 fully saturated rings. The molecule has 3 nitrogen and oxygen atoms in total. The molecule has 2 aromatic heterocycles. The molecule has 0 N–H and O–H groups in total. The van der Waals surface area contributed by atoms with Crippen molar-refractivity contribution in [2.24, 2.45) is 0 Å². The molecule has 0 bridgehead atoms. The first kappa shape index (κ1) is 14.1. The third kappa shape index (κ3) is 2.39. The van der Waals surface area contributed by atoms with Crippen molar-refractivity contribution in [3.8, 4) is 5.00 Å². The molecule has 0 aromatic carbocycles. The molecule has 2 aliphatic rings. The summed E-state index contributed by atoms with van der Waals surface area (Å²) in [7, 11) is 0. The van der Waals surface area contributed by atoms with Gasteiger partial charge in [-0.1, -0.05) is 0 Å². The van der Waals surface area contributed by atoms with Gasteiger partial charge >= 0.3 is 0 Å². The van der Waals surface area contributed by atoms with Crippen molar-refractivity contribution >= 4 is 17.2 Å². The Morgan fingerprint density at radius 2 is 1.68 bits per heavy atom. The molecular weight excluding hydrogens is 292 g/mol. The summed E-state index contributed by atoms with van der Waals surface area (Å²) in [5, 5.41) is 1.13. The molecule has 0 radical (unpaired) electrons. The van der Waals surface area contributed by atoms with E-state index >= 15 is 0 Å². The van der Waals surface area contributed by atoms with Crippen LogP contribution in [0.4, 0.5) is 0 Å². The number of rotatable bonds is 2. The standard InChI is InChI=1S/C18H22N2OS/c21-17(19-10-4-1-5-11-19)16-14-8-2-3-9-15(14)22-18(16)20-12-6-7-13-20/h6-7,12-13H,1-5,8-11H2. The second kappa shape index (κ2) is 5.92. The number of piperidine rings is 1. The summed E-state index contributed by atoms with van der Waals surface area (Å²) in [4.78, 5) is 16.7. The lowest BCUT2D eigenvalue weighted by molar-refractivity contribution is 0.0723. The van der Waals surface area contributed by atoms with E-state index in [0.717, 1.165) is 49.3 Å². The minimum absolute atomic E-state index is 0.266. The minimum atomic E-state index is 0.266. The lowest BCUT2D eigenvalue weighted by Crippen LogP contribution is -2.36. The van der Waals surface area contributed by atoms with Gasteiger partial charge in [0.1, 0.15) is 5.00 Å². The summed E-state index contributed by atoms with van der Waals surface area (Å²) in [6, 6.07) is 4.07. The van der Waals surface area contributed by atoms with Crippen LogP contribution in [-0.4, -0.2) is 28.5 Å². The SMILES string of the molecule is O=C(c1c(-n2cccc2)sc2c1CCCC2)N1CCCCC1. The topological polar surface area (TPSA) is 25.2 Å². The number of hydrogen-bond acceptors (Lipinski definition) is 2. The molecule has 2 aromatic rings. The van der Waals surface area contributed by atoms with Crippen molar-refractivity contribution in [1.82, 2.24) is 9.47 Å². The Labute approximate surface area is 135 Å². The fourth-order valence-corrected chi connectivity index (χ4v) is 5.03. The Kier molecular flexibility index (Phi) is 3.78. The maximum atomic E-state index is 13.2. The zero-order valence-corrected chi connectivity index (χ0v) is 13.7. The lowest BCUT2D eigenvalue weighted by Gasteiger charge is -2.27. The van der Waals surface area contributed by atoms with Crippen LogP contribution in [0.2, 0.25) is 0 Å². The van der Waals surface area contributed by atoms with Gasteiger partial charge in [-0.3, -0.25) is 4.79 Å². The largest absolute Gasteiger partial charge is 0.339 e. The molecule has 1 aliphatic heterocycles. The van der Waals surface area contributed by atoms with Gasteiger partial charge in [0, 0.05) is 30.4 Å². The van der Waals surface area contributed by atoms with Crippen LogP contribution >= 0.6 is 11.3 Å². The molecule has 22 heavy (non-hydrogen) atoms. The number of likely N-dealkylation sites (tertiary alicyclic amines) is 1. The maximum absolute atomic E-state index is 13.2. The molecule has 0 saturated carbocycles. The average molecular weight is 314 g/mol. The molecule has 116 valence electrons. The summed E-state index contributed by atoms with van der Waals surface area (Å²) in [6.45, 7) is 1.85. The summed E-state index contributed by atoms with van der Waals surface area (Å²) < 4.78 is 2.13. The predicted octanol–water partition coefficient (Wildman–Crippen LogP) is 4.04. The number of carbonyl (C=O) groups is 1. The predicted molar refractivity (Wildman–Crippen MR) is 90.0 cm³/mol. The van der Waals surface area contributed by atoms with Gasteiger partial charge in [-0.15, -0.1) is 11.3 Å². The van der Waals surface area contributed by atoms with Crippen LogP contribution in [0.5, 0.6) is 0 Å². The van der Waals surface area contributed by atoms with Gasteiger partial charge in [0.25, 0.3) is 5.91 Å². The van der Waals surface area contributed by atoms with Crippen LogP contribution < -0.4 is 0 Å². The normalized spacial score (nSPS) is 18.3. The monoisotopic (exact) mass is 314 g/mol. The van der Waals surface area contributed by atoms with Gasteiger partial charge in [-0.05, 0) is 62.6 Å². The number of aromatic nitrogens is 1. The summed E-state index contributed by atoms with van der Waals surface area (Å²) >= 11 is 1.83. The quantitative estimate of drug-likeness (QED) is 0.821. The number of nitrogens with zero attached hydrogens (tertiary/aromatic N) is 2. The first-order valence-electron chi connectivity index (χ1n) is 8.42. The summed E-state index contributed by atoms with van der Waals surface area (Å²) in [5.41, 5.74) is 2.34. The van der Waals surface area contributed by atoms with Crippen molar-refractivity contribution in [1.29, 1.82) is 0 Å². The zero-order valence-electron chi connectivity index (χ0n) is 12.9. The number of aryl methyl sites for hydroxylation is 1. The Morgan fingerprint density at radius 3 is 2.45 bits per heavy atom. The Bertz CT molecular complexity index is 666. The second-order valence-electron chi connectivity index (χ2n) is 6.33. The average Bonchev–Trinajstić information content (AvgIpc) is 3.22. The lowest BCUT2D eigenvalue weighted by atomic mass is 9.94. The van der Waals surface area contributed by atoms with Crippen LogP contribution in [0.25, 0.3) is 5.00 Å². The van der Waals surface area contributed by atoms with E-state index in [9.17, 15) is 4.79 Å². The summed E-state index contributed by atoms with van der Waals surface area (Å²) in [6.07, 6.45) is 12.4. The van der Waals surface area contributed by atoms with Crippen molar-refractivity contribution in [3.05, 3.63) is 40.5 Å². The Morgan fingerprint density at radius 1 is 0.955 bits per heavy atom. The van der Waals surface area contributed by atoms with E-state index < -0.39 is 0 Å². The summed E-state index contributed by atoms with van der Waals surface area (Å²) in [5.74, 6) is 0.266. The second-order valence-corrected chi connectivity index (χ2v) is 7.42. The van der Waals surface area contributed by atoms with E-state index in [2.05, 4.69) is 21.9 Å². The minimum Gasteiger partial charge on any atom is -0.339 e. The number of fused-ring (bicyclic) bond motifs is 1. The number of amides is 1. The Hall–Kier alpha value is -1.55. The van der Waals surface area contributed by atoms with E-state index in [1.807, 2.05) is 23.5 Å². The Balaban J connectivity index is 1.78. The van der Waals surface area contributed by atoms with Crippen LogP contribution in [0, 0.1) is 0 Å². The maximum Gasteiger partial charge on any atom is 0.257 e. The van der Waals surface area contributed by atoms with Gasteiger partial charge in [0.2, 0.25) is 0 Å². The van der Waals surface area contributed by atoms with E-state index in [-0.39, 0.29) is 5.91 Å². The van der Waals surface area contributed by atoms with Crippen molar-refractivity contribution in [2.45, 2.75) is 44.9 Å². The zero-order chi connectivity index (χ0) is 14.9. The van der Waals surface area contributed by atoms with E-state index in [0.29, 0.717) is 0 Å². The highest BCUT2D eigenvalue weighted by Gasteiger charge is 2.29. The smallest absolute Gasteiger partial charge is 0.257 e. The highest BCUT2D eigenvalue weighted by Crippen LogP contribution is 2.37. The van der Waals surface area contributed by atoms with Crippen molar-refractivity contribution < 1.29 is 4.79 Å². The molecule has 3 heterocycles. The van der Waals surface area contributed by atoms with E-state index in [4.69, 9.17) is 0 Å². The van der Waals surface area contributed by atoms with Crippen molar-refractivity contribution in [3.63, 3.8) is 0 Å². The van der Waals surface area contributed by atoms with Gasteiger partial charge in [0.15, 0.2) is 0 Å². The highest BCUT2D eigenvalue weighted by molar-refractivity contribution is 7.15. The fraction of sp³-hybridized carbons (Fsp3) is 0.500. The molecule has 4 heteroatoms. The molecule has 1 amide bonds.